The maximum atomic E-state index is 11.7. The molecule has 0 amide bonds. The van der Waals surface area contributed by atoms with Crippen LogP contribution in [0, 0.1) is 6.92 Å². The van der Waals surface area contributed by atoms with Crippen LogP contribution in [0.2, 0.25) is 0 Å². The lowest BCUT2D eigenvalue weighted by molar-refractivity contribution is -0.136. The standard InChI is InChI=1S/C25H37N7O4.C4H10O/c1-17-19(14-22(33)34)23-30-9-7-25(4,8-10-30)36-12-6-5-11-35-24(2,3)20(26)16-31(27)15-18-13-21(28-17)32(23)29-18;1-4(2,3)5/h6,12-13,16H,5,7-11,14-15,26-27H2,1-4H3,(H,33,34);5H,1-3H3/b12-6-,20-16-;. The van der Waals surface area contributed by atoms with Crippen LogP contribution in [-0.2, 0) is 27.2 Å². The van der Waals surface area contributed by atoms with Crippen molar-refractivity contribution in [2.45, 2.75) is 97.5 Å². The topological polar surface area (TPSA) is 165 Å². The fourth-order valence-electron chi connectivity index (χ4n) is 4.57. The van der Waals surface area contributed by atoms with Gasteiger partial charge in [-0.3, -0.25) is 4.79 Å². The molecule has 1 fully saturated rings. The quantitative estimate of drug-likeness (QED) is 0.390. The number of ether oxygens (including phenoxy) is 2. The van der Waals surface area contributed by atoms with Gasteiger partial charge in [-0.15, -0.1) is 0 Å². The Kier molecular flexibility index (Phi) is 9.94. The summed E-state index contributed by atoms with van der Waals surface area (Å²) in [7, 11) is 0. The third kappa shape index (κ3) is 9.07. The highest BCUT2D eigenvalue weighted by atomic mass is 16.5. The fourth-order valence-corrected chi connectivity index (χ4v) is 4.57. The number of rotatable bonds is 2. The van der Waals surface area contributed by atoms with Gasteiger partial charge in [-0.25, -0.2) is 10.8 Å². The average Bonchev–Trinajstić information content (AvgIpc) is 3.22. The third-order valence-corrected chi connectivity index (χ3v) is 6.92. The van der Waals surface area contributed by atoms with E-state index in [1.165, 1.54) is 5.01 Å². The second kappa shape index (κ2) is 12.7. The van der Waals surface area contributed by atoms with Crippen LogP contribution in [0.15, 0.2) is 30.3 Å². The minimum Gasteiger partial charge on any atom is -0.495 e. The van der Waals surface area contributed by atoms with E-state index in [4.69, 9.17) is 31.3 Å². The van der Waals surface area contributed by atoms with Crippen LogP contribution in [0.1, 0.15) is 77.8 Å². The molecule has 41 heavy (non-hydrogen) atoms. The Bertz CT molecular complexity index is 1260. The molecule has 4 bridgehead atoms. The van der Waals surface area contributed by atoms with Crippen molar-refractivity contribution in [3.05, 3.63) is 47.3 Å². The van der Waals surface area contributed by atoms with Gasteiger partial charge in [-0.05, 0) is 61.0 Å². The van der Waals surface area contributed by atoms with Crippen molar-refractivity contribution < 1.29 is 24.5 Å². The number of carboxylic acid groups (broad SMARTS) is 1. The first kappa shape index (κ1) is 32.2. The van der Waals surface area contributed by atoms with Crippen molar-refractivity contribution in [3.63, 3.8) is 0 Å². The molecule has 12 nitrogen and oxygen atoms in total. The first-order valence-electron chi connectivity index (χ1n) is 14.0. The molecular formula is C29H47N7O5. The molecule has 6 N–H and O–H groups in total. The lowest BCUT2D eigenvalue weighted by atomic mass is 9.93. The van der Waals surface area contributed by atoms with Gasteiger partial charge >= 0.3 is 5.97 Å². The normalized spacial score (nSPS) is 21.5. The van der Waals surface area contributed by atoms with Crippen molar-refractivity contribution in [1.82, 2.24) is 19.6 Å². The minimum absolute atomic E-state index is 0.135. The van der Waals surface area contributed by atoms with E-state index >= 15 is 0 Å². The Morgan fingerprint density at radius 3 is 2.44 bits per heavy atom. The number of carbonyl (C=O) groups is 1. The Morgan fingerprint density at radius 1 is 1.20 bits per heavy atom. The summed E-state index contributed by atoms with van der Waals surface area (Å²) in [6.45, 7) is 15.2. The molecule has 0 unspecified atom stereocenters. The summed E-state index contributed by atoms with van der Waals surface area (Å²) in [5, 5.41) is 24.4. The maximum absolute atomic E-state index is 11.7. The van der Waals surface area contributed by atoms with Crippen LogP contribution in [0.4, 0.5) is 5.82 Å². The number of aliphatic carboxylic acids is 1. The highest BCUT2D eigenvalue weighted by Gasteiger charge is 2.34. The number of aliphatic hydroxyl groups is 1. The molecule has 3 aliphatic rings. The molecule has 12 heteroatoms. The summed E-state index contributed by atoms with van der Waals surface area (Å²) < 4.78 is 13.9. The van der Waals surface area contributed by atoms with E-state index in [1.807, 2.05) is 32.9 Å². The molecule has 0 radical (unpaired) electrons. The summed E-state index contributed by atoms with van der Waals surface area (Å²) in [6, 6.07) is 1.87. The van der Waals surface area contributed by atoms with Crippen LogP contribution >= 0.6 is 0 Å². The Balaban J connectivity index is 0.000000850. The summed E-state index contributed by atoms with van der Waals surface area (Å²) in [4.78, 5) is 18.6. The predicted octanol–water partition coefficient (Wildman–Crippen LogP) is 3.01. The number of carboxylic acids is 1. The number of aryl methyl sites for hydroxylation is 1. The van der Waals surface area contributed by atoms with E-state index in [9.17, 15) is 9.90 Å². The predicted molar refractivity (Wildman–Crippen MR) is 158 cm³/mol. The molecule has 5 heterocycles. The molecule has 1 saturated heterocycles. The molecule has 0 spiro atoms. The Morgan fingerprint density at radius 2 is 1.83 bits per heavy atom. The molecule has 0 saturated carbocycles. The zero-order valence-corrected chi connectivity index (χ0v) is 25.5. The van der Waals surface area contributed by atoms with Gasteiger partial charge in [-0.2, -0.15) is 9.61 Å². The van der Waals surface area contributed by atoms with Crippen LogP contribution in [0.5, 0.6) is 0 Å². The number of nitrogens with zero attached hydrogens (tertiary/aromatic N) is 5. The van der Waals surface area contributed by atoms with Gasteiger partial charge < -0.3 is 35.3 Å². The van der Waals surface area contributed by atoms with Crippen LogP contribution in [-0.4, -0.2) is 72.3 Å². The van der Waals surface area contributed by atoms with Crippen molar-refractivity contribution in [1.29, 1.82) is 0 Å². The number of aromatic nitrogens is 3. The zero-order valence-electron chi connectivity index (χ0n) is 25.5. The molecule has 5 rings (SSSR count). The molecule has 228 valence electrons. The lowest BCUT2D eigenvalue weighted by Gasteiger charge is -2.40. The summed E-state index contributed by atoms with van der Waals surface area (Å²) in [5.41, 5.74) is 7.95. The van der Waals surface area contributed by atoms with Gasteiger partial charge in [-0.1, -0.05) is 0 Å². The van der Waals surface area contributed by atoms with E-state index < -0.39 is 17.2 Å². The molecule has 0 atom stereocenters. The van der Waals surface area contributed by atoms with Gasteiger partial charge in [0, 0.05) is 49.5 Å². The van der Waals surface area contributed by atoms with E-state index in [2.05, 4.69) is 16.8 Å². The van der Waals surface area contributed by atoms with Crippen molar-refractivity contribution in [3.8, 4) is 0 Å². The SMILES string of the molecule is CC(C)(C)O.Cc1nc2cc3nn2c(c1CC(=O)O)N1CCC(C)(CC1)O/C=C\CCOC(C)(C)/C(N)=C/N(N)C3. The van der Waals surface area contributed by atoms with Crippen molar-refractivity contribution in [2.24, 2.45) is 11.6 Å². The first-order valence-corrected chi connectivity index (χ1v) is 14.0. The maximum Gasteiger partial charge on any atom is 0.308 e. The van der Waals surface area contributed by atoms with E-state index in [1.54, 1.807) is 37.7 Å². The lowest BCUT2D eigenvalue weighted by Crippen LogP contribution is -2.44. The number of hydrogen-bond donors (Lipinski definition) is 4. The molecular weight excluding hydrogens is 526 g/mol. The second-order valence-electron chi connectivity index (χ2n) is 12.5. The summed E-state index contributed by atoms with van der Waals surface area (Å²) in [6.07, 6.45) is 7.48. The molecule has 2 aromatic rings. The molecule has 0 aliphatic carbocycles. The number of nitrogens with two attached hydrogens (primary N) is 2. The fraction of sp³-hybridized carbons (Fsp3) is 0.621. The third-order valence-electron chi connectivity index (χ3n) is 6.92. The van der Waals surface area contributed by atoms with Gasteiger partial charge in [0.1, 0.15) is 17.0 Å². The van der Waals surface area contributed by atoms with Crippen molar-refractivity contribution >= 4 is 17.4 Å². The highest BCUT2D eigenvalue weighted by molar-refractivity contribution is 5.74. The smallest absolute Gasteiger partial charge is 0.308 e. The number of hydrazine groups is 1. The van der Waals surface area contributed by atoms with E-state index in [0.29, 0.717) is 61.0 Å². The number of piperidine rings is 1. The van der Waals surface area contributed by atoms with Gasteiger partial charge in [0.25, 0.3) is 0 Å². The van der Waals surface area contributed by atoms with E-state index in [0.717, 1.165) is 18.7 Å². The van der Waals surface area contributed by atoms with Gasteiger partial charge in [0.2, 0.25) is 0 Å². The van der Waals surface area contributed by atoms with Gasteiger partial charge in [0.15, 0.2) is 5.65 Å². The molecule has 0 aromatic carbocycles. The number of anilines is 1. The number of hydrogen-bond acceptors (Lipinski definition) is 10. The summed E-state index contributed by atoms with van der Waals surface area (Å²) >= 11 is 0. The first-order chi connectivity index (χ1) is 19.0. The molecule has 3 aliphatic heterocycles. The summed E-state index contributed by atoms with van der Waals surface area (Å²) in [5.74, 6) is 6.11. The second-order valence-corrected chi connectivity index (χ2v) is 12.5. The molecule has 2 aromatic heterocycles. The Labute approximate surface area is 242 Å². The minimum atomic E-state index is -0.910. The average molecular weight is 574 g/mol. The zero-order chi connectivity index (χ0) is 30.6. The number of fused-ring (bicyclic) bond motifs is 10. The van der Waals surface area contributed by atoms with Crippen molar-refractivity contribution in [2.75, 3.05) is 24.6 Å². The largest absolute Gasteiger partial charge is 0.495 e. The van der Waals surface area contributed by atoms with Crippen LogP contribution in [0.3, 0.4) is 0 Å². The van der Waals surface area contributed by atoms with Crippen LogP contribution in [0.25, 0.3) is 5.65 Å². The highest BCUT2D eigenvalue weighted by Crippen LogP contribution is 2.33. The monoisotopic (exact) mass is 573 g/mol. The van der Waals surface area contributed by atoms with Crippen LogP contribution < -0.4 is 16.5 Å². The Hall–Kier alpha value is -3.35. The van der Waals surface area contributed by atoms with Gasteiger partial charge in [0.05, 0.1) is 42.8 Å². The van der Waals surface area contributed by atoms with E-state index in [-0.39, 0.29) is 12.0 Å².